The summed E-state index contributed by atoms with van der Waals surface area (Å²) in [6.45, 7) is 4.41. The van der Waals surface area contributed by atoms with Crippen molar-refractivity contribution in [2.75, 3.05) is 0 Å². The highest BCUT2D eigenvalue weighted by atomic mass is 19.1. The molecule has 1 saturated carbocycles. The van der Waals surface area contributed by atoms with E-state index in [1.807, 2.05) is 24.3 Å². The van der Waals surface area contributed by atoms with E-state index in [2.05, 4.69) is 24.0 Å². The number of rotatable bonds is 11. The van der Waals surface area contributed by atoms with Crippen molar-refractivity contribution in [2.45, 2.75) is 97.3 Å². The third kappa shape index (κ3) is 6.89. The second kappa shape index (κ2) is 12.2. The molecule has 1 fully saturated rings. The minimum absolute atomic E-state index is 0.100. The van der Waals surface area contributed by atoms with Crippen LogP contribution in [0.3, 0.4) is 0 Å². The number of hydrogen-bond donors (Lipinski definition) is 0. The van der Waals surface area contributed by atoms with Gasteiger partial charge in [0, 0.05) is 5.56 Å². The molecule has 0 radical (unpaired) electrons. The molecular weight excluding hydrogens is 371 g/mol. The fraction of sp³-hybridized carbons (Fsp3) is 0.630. The normalized spacial score (nSPS) is 19.2. The van der Waals surface area contributed by atoms with Crippen LogP contribution in [0.1, 0.15) is 95.7 Å². The minimum atomic E-state index is -0.100. The van der Waals surface area contributed by atoms with Crippen LogP contribution in [0.4, 0.5) is 4.39 Å². The van der Waals surface area contributed by atoms with Gasteiger partial charge in [0.15, 0.2) is 0 Å². The number of unbranched alkanes of at least 4 members (excludes halogenated alkanes) is 3. The number of benzene rings is 1. The third-order valence-electron chi connectivity index (χ3n) is 6.83. The zero-order valence-corrected chi connectivity index (χ0v) is 19.0. The summed E-state index contributed by atoms with van der Waals surface area (Å²) in [4.78, 5) is 0. The topological polar surface area (TPSA) is 25.8 Å². The van der Waals surface area contributed by atoms with E-state index in [0.717, 1.165) is 60.0 Å². The van der Waals surface area contributed by atoms with Gasteiger partial charge in [0.2, 0.25) is 0 Å². The molecule has 2 nitrogen and oxygen atoms in total. The van der Waals surface area contributed by atoms with Gasteiger partial charge in [-0.05, 0) is 54.9 Å². The van der Waals surface area contributed by atoms with E-state index >= 15 is 0 Å². The Kier molecular flexibility index (Phi) is 9.29. The van der Waals surface area contributed by atoms with Crippen LogP contribution in [-0.2, 0) is 12.8 Å². The molecule has 164 valence electrons. The third-order valence-corrected chi connectivity index (χ3v) is 6.83. The predicted molar refractivity (Wildman–Crippen MR) is 124 cm³/mol. The lowest BCUT2D eigenvalue weighted by Gasteiger charge is -2.28. The lowest BCUT2D eigenvalue weighted by atomic mass is 9.77. The second-order valence-electron chi connectivity index (χ2n) is 9.24. The lowest BCUT2D eigenvalue weighted by molar-refractivity contribution is 0.248. The number of halogens is 1. The fourth-order valence-electron chi connectivity index (χ4n) is 4.84. The molecule has 1 aromatic carbocycles. The molecule has 0 saturated heterocycles. The smallest absolute Gasteiger partial charge is 0.127 e. The summed E-state index contributed by atoms with van der Waals surface area (Å²) < 4.78 is 14.7. The van der Waals surface area contributed by atoms with Crippen molar-refractivity contribution in [3.05, 3.63) is 47.4 Å². The largest absolute Gasteiger partial charge is 0.207 e. The summed E-state index contributed by atoms with van der Waals surface area (Å²) in [5.41, 5.74) is 3.40. The van der Waals surface area contributed by atoms with Crippen molar-refractivity contribution in [3.8, 4) is 11.3 Å². The van der Waals surface area contributed by atoms with Crippen LogP contribution in [0.15, 0.2) is 30.3 Å². The molecule has 3 heteroatoms. The Balaban J connectivity index is 1.45. The second-order valence-corrected chi connectivity index (χ2v) is 9.24. The first-order valence-electron chi connectivity index (χ1n) is 12.3. The summed E-state index contributed by atoms with van der Waals surface area (Å²) >= 11 is 0. The first-order valence-corrected chi connectivity index (χ1v) is 12.3. The van der Waals surface area contributed by atoms with E-state index < -0.39 is 0 Å². The molecule has 0 spiro atoms. The molecule has 1 aromatic heterocycles. The zero-order valence-electron chi connectivity index (χ0n) is 19.0. The highest BCUT2D eigenvalue weighted by Gasteiger charge is 2.21. The van der Waals surface area contributed by atoms with E-state index in [1.54, 1.807) is 6.07 Å². The van der Waals surface area contributed by atoms with Crippen molar-refractivity contribution in [1.82, 2.24) is 10.2 Å². The first kappa shape index (κ1) is 22.9. The minimum Gasteiger partial charge on any atom is -0.207 e. The van der Waals surface area contributed by atoms with Crippen LogP contribution in [0.25, 0.3) is 11.3 Å². The van der Waals surface area contributed by atoms with Gasteiger partial charge >= 0.3 is 0 Å². The van der Waals surface area contributed by atoms with E-state index in [-0.39, 0.29) is 5.82 Å². The van der Waals surface area contributed by atoms with Gasteiger partial charge in [-0.3, -0.25) is 0 Å². The number of aryl methyl sites for hydroxylation is 2. The molecule has 0 bridgehead atoms. The monoisotopic (exact) mass is 410 g/mol. The average Bonchev–Trinajstić information content (AvgIpc) is 2.77. The molecule has 0 N–H and O–H groups in total. The molecule has 0 atom stereocenters. The van der Waals surface area contributed by atoms with Gasteiger partial charge in [-0.25, -0.2) is 4.39 Å². The molecule has 0 unspecified atom stereocenters. The molecule has 0 aliphatic heterocycles. The maximum atomic E-state index is 14.7. The molecule has 1 aliphatic carbocycles. The summed E-state index contributed by atoms with van der Waals surface area (Å²) in [6.07, 6.45) is 16.3. The molecule has 0 amide bonds. The van der Waals surface area contributed by atoms with E-state index in [4.69, 9.17) is 0 Å². The molecule has 2 aromatic rings. The van der Waals surface area contributed by atoms with Crippen molar-refractivity contribution in [3.63, 3.8) is 0 Å². The van der Waals surface area contributed by atoms with Gasteiger partial charge < -0.3 is 0 Å². The van der Waals surface area contributed by atoms with Gasteiger partial charge in [0.1, 0.15) is 5.82 Å². The van der Waals surface area contributed by atoms with Crippen LogP contribution in [0, 0.1) is 17.7 Å². The van der Waals surface area contributed by atoms with Gasteiger partial charge in [-0.2, -0.15) is 10.2 Å². The number of hydrogen-bond acceptors (Lipinski definition) is 2. The molecule has 1 aliphatic rings. The molecular formula is C27H39FN2. The summed E-state index contributed by atoms with van der Waals surface area (Å²) in [6, 6.07) is 9.53. The SMILES string of the molecule is CCCCCCC1CCC(CCc2ccc(-c3ccc(CCC)nn3)cc2F)CC1. The molecule has 30 heavy (non-hydrogen) atoms. The Morgan fingerprint density at radius 1 is 0.800 bits per heavy atom. The van der Waals surface area contributed by atoms with Gasteiger partial charge in [-0.1, -0.05) is 90.2 Å². The maximum Gasteiger partial charge on any atom is 0.127 e. The van der Waals surface area contributed by atoms with Crippen LogP contribution in [0.2, 0.25) is 0 Å². The Labute approximate surface area is 182 Å². The van der Waals surface area contributed by atoms with Crippen LogP contribution < -0.4 is 0 Å². The molecule has 1 heterocycles. The van der Waals surface area contributed by atoms with Crippen molar-refractivity contribution < 1.29 is 4.39 Å². The number of aromatic nitrogens is 2. The Morgan fingerprint density at radius 2 is 1.57 bits per heavy atom. The van der Waals surface area contributed by atoms with Gasteiger partial charge in [0.25, 0.3) is 0 Å². The van der Waals surface area contributed by atoms with Crippen LogP contribution >= 0.6 is 0 Å². The predicted octanol–water partition coefficient (Wildman–Crippen LogP) is 7.94. The van der Waals surface area contributed by atoms with Crippen LogP contribution in [0.5, 0.6) is 0 Å². The van der Waals surface area contributed by atoms with Crippen molar-refractivity contribution >= 4 is 0 Å². The fourth-order valence-corrected chi connectivity index (χ4v) is 4.84. The zero-order chi connectivity index (χ0) is 21.2. The number of nitrogens with zero attached hydrogens (tertiary/aromatic N) is 2. The van der Waals surface area contributed by atoms with E-state index in [0.29, 0.717) is 0 Å². The van der Waals surface area contributed by atoms with Crippen molar-refractivity contribution in [2.24, 2.45) is 11.8 Å². The Morgan fingerprint density at radius 3 is 2.20 bits per heavy atom. The van der Waals surface area contributed by atoms with Gasteiger partial charge in [0.05, 0.1) is 11.4 Å². The standard InChI is InChI=1S/C27H39FN2/c1-3-5-6-7-9-21-10-12-22(13-11-21)14-15-23-16-17-24(20-26(23)28)27-19-18-25(8-4-2)29-30-27/h16-22H,3-15H2,1-2H3. The quantitative estimate of drug-likeness (QED) is 0.351. The Bertz CT molecular complexity index is 748. The summed E-state index contributed by atoms with van der Waals surface area (Å²) in [5, 5.41) is 8.54. The van der Waals surface area contributed by atoms with Crippen LogP contribution in [-0.4, -0.2) is 10.2 Å². The van der Waals surface area contributed by atoms with E-state index in [1.165, 1.54) is 57.8 Å². The van der Waals surface area contributed by atoms with Gasteiger partial charge in [-0.15, -0.1) is 0 Å². The maximum absolute atomic E-state index is 14.7. The lowest BCUT2D eigenvalue weighted by Crippen LogP contribution is -2.15. The van der Waals surface area contributed by atoms with E-state index in [9.17, 15) is 4.39 Å². The first-order chi connectivity index (χ1) is 14.7. The highest BCUT2D eigenvalue weighted by Crippen LogP contribution is 2.34. The molecule has 3 rings (SSSR count). The highest BCUT2D eigenvalue weighted by molar-refractivity contribution is 5.59. The summed E-state index contributed by atoms with van der Waals surface area (Å²) in [5.74, 6) is 1.61. The average molecular weight is 411 g/mol. The van der Waals surface area contributed by atoms with Crippen molar-refractivity contribution in [1.29, 1.82) is 0 Å². The Hall–Kier alpha value is -1.77. The summed E-state index contributed by atoms with van der Waals surface area (Å²) in [7, 11) is 0.